The fourth-order valence-electron chi connectivity index (χ4n) is 0.204. The van der Waals surface area contributed by atoms with E-state index in [1.165, 1.54) is 12.8 Å². The minimum absolute atomic E-state index is 0. The van der Waals surface area contributed by atoms with Gasteiger partial charge in [-0.3, -0.25) is 0 Å². The molecule has 0 saturated heterocycles. The quantitative estimate of drug-likeness (QED) is 0.504. The number of nitrogens with two attached hydrogens (primary N) is 1. The van der Waals surface area contributed by atoms with Gasteiger partial charge in [0, 0.05) is 0 Å². The molecular weight excluding hydrogens is 114 g/mol. The molecule has 0 aliphatic carbocycles. The van der Waals surface area contributed by atoms with Gasteiger partial charge in [-0.05, 0) is 13.0 Å². The first-order chi connectivity index (χ1) is 3.41. The van der Waals surface area contributed by atoms with Crippen molar-refractivity contribution in [3.05, 3.63) is 13.2 Å². The molecule has 0 rings (SSSR count). The van der Waals surface area contributed by atoms with Crippen molar-refractivity contribution in [1.29, 1.82) is 0 Å². The van der Waals surface area contributed by atoms with E-state index in [1.807, 2.05) is 0 Å². The van der Waals surface area contributed by atoms with Crippen LogP contribution in [0.25, 0.3) is 0 Å². The van der Waals surface area contributed by atoms with Crippen LogP contribution in [-0.4, -0.2) is 6.54 Å². The Balaban J connectivity index is -0.0000000286. The number of hydrogen-bond donors (Lipinski definition) is 3. The Labute approximate surface area is 58.5 Å². The summed E-state index contributed by atoms with van der Waals surface area (Å²) >= 11 is 0. The third-order valence-electron chi connectivity index (χ3n) is 0.558. The van der Waals surface area contributed by atoms with Crippen LogP contribution in [0.1, 0.15) is 19.8 Å². The molecule has 0 unspecified atom stereocenters. The van der Waals surface area contributed by atoms with Crippen molar-refractivity contribution in [2.75, 3.05) is 6.54 Å². The van der Waals surface area contributed by atoms with Gasteiger partial charge >= 0.3 is 0 Å². The van der Waals surface area contributed by atoms with E-state index in [2.05, 4.69) is 20.1 Å². The Morgan fingerprint density at radius 3 is 1.56 bits per heavy atom. The molecule has 0 aromatic heterocycles. The molecule has 0 radical (unpaired) electrons. The van der Waals surface area contributed by atoms with Crippen LogP contribution >= 0.6 is 0 Å². The molecule has 3 heteroatoms. The molecule has 0 bridgehead atoms. The molecule has 0 fully saturated rings. The predicted molar refractivity (Wildman–Crippen MR) is 45.3 cm³/mol. The summed E-state index contributed by atoms with van der Waals surface area (Å²) in [5, 5.41) is 0. The maximum Gasteiger partial charge on any atom is -0.00774 e. The van der Waals surface area contributed by atoms with E-state index in [0.717, 1.165) is 6.54 Å². The van der Waals surface area contributed by atoms with Crippen LogP contribution in [0.5, 0.6) is 0 Å². The van der Waals surface area contributed by atoms with E-state index in [0.29, 0.717) is 0 Å². The fourth-order valence-corrected chi connectivity index (χ4v) is 0.204. The van der Waals surface area contributed by atoms with E-state index in [4.69, 9.17) is 5.73 Å². The zero-order valence-electron chi connectivity index (χ0n) is 6.53. The van der Waals surface area contributed by atoms with Crippen molar-refractivity contribution in [3.8, 4) is 0 Å². The lowest BCUT2D eigenvalue weighted by Crippen LogP contribution is -1.95. The SMILES string of the molecule is C=C.CCCCN.N.N. The molecule has 0 aliphatic heterocycles. The van der Waals surface area contributed by atoms with Gasteiger partial charge in [0.2, 0.25) is 0 Å². The second kappa shape index (κ2) is 48.6. The highest BCUT2D eigenvalue weighted by molar-refractivity contribution is 4.29. The molecule has 0 atom stereocenters. The van der Waals surface area contributed by atoms with Crippen molar-refractivity contribution in [3.63, 3.8) is 0 Å². The maximum absolute atomic E-state index is 5.14. The van der Waals surface area contributed by atoms with E-state index in [9.17, 15) is 0 Å². The van der Waals surface area contributed by atoms with Crippen LogP contribution in [0.2, 0.25) is 0 Å². The van der Waals surface area contributed by atoms with Crippen LogP contribution in [0.3, 0.4) is 0 Å². The zero-order chi connectivity index (χ0) is 6.12. The van der Waals surface area contributed by atoms with Crippen LogP contribution in [0, 0.1) is 0 Å². The Hall–Kier alpha value is -0.380. The zero-order valence-corrected chi connectivity index (χ0v) is 6.53. The molecule has 9 heavy (non-hydrogen) atoms. The second-order valence-electron chi connectivity index (χ2n) is 1.14. The first-order valence-corrected chi connectivity index (χ1v) is 2.62. The smallest absolute Gasteiger partial charge is 0.00774 e. The first-order valence-electron chi connectivity index (χ1n) is 2.62. The van der Waals surface area contributed by atoms with Crippen LogP contribution in [0.4, 0.5) is 0 Å². The molecule has 3 nitrogen and oxygen atoms in total. The van der Waals surface area contributed by atoms with Gasteiger partial charge in [-0.2, -0.15) is 0 Å². The van der Waals surface area contributed by atoms with Crippen molar-refractivity contribution in [2.45, 2.75) is 19.8 Å². The van der Waals surface area contributed by atoms with Crippen molar-refractivity contribution >= 4 is 0 Å². The average molecular weight is 135 g/mol. The summed E-state index contributed by atoms with van der Waals surface area (Å²) in [6.45, 7) is 8.98. The number of rotatable bonds is 2. The average Bonchev–Trinajstić information content (AvgIpc) is 1.75. The highest BCUT2D eigenvalue weighted by Gasteiger charge is 1.67. The monoisotopic (exact) mass is 135 g/mol. The summed E-state index contributed by atoms with van der Waals surface area (Å²) in [5.41, 5.74) is 5.14. The maximum atomic E-state index is 5.14. The predicted octanol–water partition coefficient (Wildman–Crippen LogP) is 1.87. The van der Waals surface area contributed by atoms with Gasteiger partial charge in [0.25, 0.3) is 0 Å². The molecule has 0 aromatic rings. The lowest BCUT2D eigenvalue weighted by atomic mass is 10.3. The Morgan fingerprint density at radius 1 is 1.22 bits per heavy atom. The highest BCUT2D eigenvalue weighted by atomic mass is 14.5. The van der Waals surface area contributed by atoms with E-state index >= 15 is 0 Å². The van der Waals surface area contributed by atoms with Gasteiger partial charge in [0.05, 0.1) is 0 Å². The van der Waals surface area contributed by atoms with Gasteiger partial charge in [0.1, 0.15) is 0 Å². The lowest BCUT2D eigenvalue weighted by molar-refractivity contribution is 0.807. The number of unbranched alkanes of at least 4 members (excludes halogenated alkanes) is 1. The van der Waals surface area contributed by atoms with Crippen LogP contribution < -0.4 is 18.0 Å². The molecule has 60 valence electrons. The summed E-state index contributed by atoms with van der Waals surface area (Å²) in [6.07, 6.45) is 2.39. The summed E-state index contributed by atoms with van der Waals surface area (Å²) in [7, 11) is 0. The van der Waals surface area contributed by atoms with Gasteiger partial charge in [-0.25, -0.2) is 0 Å². The Bertz CT molecular complexity index is 22.3. The first kappa shape index (κ1) is 23.4. The van der Waals surface area contributed by atoms with E-state index < -0.39 is 0 Å². The van der Waals surface area contributed by atoms with Gasteiger partial charge < -0.3 is 18.0 Å². The van der Waals surface area contributed by atoms with Crippen LogP contribution in [0.15, 0.2) is 13.2 Å². The Morgan fingerprint density at radius 2 is 1.56 bits per heavy atom. The van der Waals surface area contributed by atoms with Gasteiger partial charge in [0.15, 0.2) is 0 Å². The summed E-state index contributed by atoms with van der Waals surface area (Å²) < 4.78 is 0. The van der Waals surface area contributed by atoms with Crippen molar-refractivity contribution in [2.24, 2.45) is 5.73 Å². The van der Waals surface area contributed by atoms with Crippen molar-refractivity contribution in [1.82, 2.24) is 12.3 Å². The van der Waals surface area contributed by atoms with Gasteiger partial charge in [-0.1, -0.05) is 13.3 Å². The topological polar surface area (TPSA) is 96.0 Å². The molecular formula is C6H21N3. The minimum Gasteiger partial charge on any atom is -0.344 e. The van der Waals surface area contributed by atoms with Crippen LogP contribution in [-0.2, 0) is 0 Å². The molecule has 0 saturated carbocycles. The standard InChI is InChI=1S/C4H11N.C2H4.2H3N/c1-2-3-4-5;1-2;;/h2-5H2,1H3;1-2H2;2*1H3. The normalized spacial score (nSPS) is 5.11. The third kappa shape index (κ3) is 91.7. The third-order valence-corrected chi connectivity index (χ3v) is 0.558. The lowest BCUT2D eigenvalue weighted by Gasteiger charge is -1.80. The summed E-state index contributed by atoms with van der Waals surface area (Å²) in [5.74, 6) is 0. The summed E-state index contributed by atoms with van der Waals surface area (Å²) in [6, 6.07) is 0. The molecule has 0 aliphatic rings. The van der Waals surface area contributed by atoms with Gasteiger partial charge in [-0.15, -0.1) is 13.2 Å². The Kier molecular flexibility index (Phi) is 127. The largest absolute Gasteiger partial charge is 0.344 e. The molecule has 0 aromatic carbocycles. The number of hydrogen-bond acceptors (Lipinski definition) is 3. The second-order valence-corrected chi connectivity index (χ2v) is 1.14. The minimum atomic E-state index is 0. The van der Waals surface area contributed by atoms with E-state index in [1.54, 1.807) is 0 Å². The molecule has 0 amide bonds. The van der Waals surface area contributed by atoms with Crippen molar-refractivity contribution < 1.29 is 0 Å². The molecule has 8 N–H and O–H groups in total. The summed E-state index contributed by atoms with van der Waals surface area (Å²) in [4.78, 5) is 0. The van der Waals surface area contributed by atoms with E-state index in [-0.39, 0.29) is 12.3 Å². The molecule has 0 spiro atoms. The molecule has 0 heterocycles. The highest BCUT2D eigenvalue weighted by Crippen LogP contribution is 1.77. The fraction of sp³-hybridized carbons (Fsp3) is 0.667.